The first-order valence-electron chi connectivity index (χ1n) is 6.02. The summed E-state index contributed by atoms with van der Waals surface area (Å²) in [4.78, 5) is 0. The zero-order chi connectivity index (χ0) is 14.8. The van der Waals surface area contributed by atoms with Crippen LogP contribution in [0.4, 0.5) is 17.6 Å². The van der Waals surface area contributed by atoms with Crippen molar-refractivity contribution in [1.29, 1.82) is 0 Å². The van der Waals surface area contributed by atoms with Gasteiger partial charge in [0.25, 0.3) is 0 Å². The Bertz CT molecular complexity index is 605. The van der Waals surface area contributed by atoms with E-state index in [0.717, 1.165) is 12.1 Å². The minimum Gasteiger partial charge on any atom is -0.494 e. The van der Waals surface area contributed by atoms with E-state index in [0.29, 0.717) is 12.4 Å². The van der Waals surface area contributed by atoms with Crippen molar-refractivity contribution in [2.45, 2.75) is 13.1 Å². The molecular weight excluding hydrogens is 272 g/mol. The highest BCUT2D eigenvalue weighted by molar-refractivity contribution is 5.66. The standard InChI is InChI=1S/C15H12F4O/c1-2-20-12-6-7-13(14(16)9-12)10-4-3-5-11(8-10)15(17,18)19/h3-9H,2H2,1H3. The molecule has 0 unspecified atom stereocenters. The van der Waals surface area contributed by atoms with Gasteiger partial charge in [-0.25, -0.2) is 4.39 Å². The number of hydrogen-bond donors (Lipinski definition) is 0. The summed E-state index contributed by atoms with van der Waals surface area (Å²) >= 11 is 0. The molecule has 0 aliphatic heterocycles. The summed E-state index contributed by atoms with van der Waals surface area (Å²) in [6, 6.07) is 8.69. The van der Waals surface area contributed by atoms with Gasteiger partial charge in [0.05, 0.1) is 12.2 Å². The second kappa shape index (κ2) is 5.53. The Hall–Kier alpha value is -2.04. The van der Waals surface area contributed by atoms with Gasteiger partial charge in [-0.05, 0) is 36.8 Å². The van der Waals surface area contributed by atoms with Crippen LogP contribution >= 0.6 is 0 Å². The third-order valence-corrected chi connectivity index (χ3v) is 2.75. The normalized spacial score (nSPS) is 11.4. The van der Waals surface area contributed by atoms with Crippen LogP contribution < -0.4 is 4.74 Å². The predicted molar refractivity (Wildman–Crippen MR) is 68.0 cm³/mol. The lowest BCUT2D eigenvalue weighted by Crippen LogP contribution is -2.04. The van der Waals surface area contributed by atoms with Crippen molar-refractivity contribution < 1.29 is 22.3 Å². The Morgan fingerprint density at radius 2 is 1.80 bits per heavy atom. The number of alkyl halides is 3. The molecule has 2 rings (SSSR count). The smallest absolute Gasteiger partial charge is 0.416 e. The third kappa shape index (κ3) is 3.10. The Balaban J connectivity index is 2.41. The minimum absolute atomic E-state index is 0.111. The minimum atomic E-state index is -4.45. The van der Waals surface area contributed by atoms with E-state index in [2.05, 4.69) is 0 Å². The van der Waals surface area contributed by atoms with Crippen LogP contribution in [0.2, 0.25) is 0 Å². The molecule has 0 aromatic heterocycles. The predicted octanol–water partition coefficient (Wildman–Crippen LogP) is 4.91. The fourth-order valence-electron chi connectivity index (χ4n) is 1.85. The molecule has 0 heterocycles. The Labute approximate surface area is 113 Å². The van der Waals surface area contributed by atoms with Crippen LogP contribution in [0.3, 0.4) is 0 Å². The van der Waals surface area contributed by atoms with Crippen molar-refractivity contribution in [3.63, 3.8) is 0 Å². The van der Waals surface area contributed by atoms with Gasteiger partial charge >= 0.3 is 6.18 Å². The lowest BCUT2D eigenvalue weighted by molar-refractivity contribution is -0.137. The molecule has 2 aromatic rings. The molecule has 0 N–H and O–H groups in total. The molecule has 106 valence electrons. The Morgan fingerprint density at radius 1 is 1.05 bits per heavy atom. The number of rotatable bonds is 3. The molecule has 0 amide bonds. The lowest BCUT2D eigenvalue weighted by atomic mass is 10.0. The van der Waals surface area contributed by atoms with E-state index < -0.39 is 17.6 Å². The van der Waals surface area contributed by atoms with Crippen molar-refractivity contribution >= 4 is 0 Å². The first-order chi connectivity index (χ1) is 9.41. The molecule has 0 spiro atoms. The van der Waals surface area contributed by atoms with Gasteiger partial charge in [0.1, 0.15) is 11.6 Å². The van der Waals surface area contributed by atoms with E-state index in [-0.39, 0.29) is 11.1 Å². The molecular formula is C15H12F4O. The van der Waals surface area contributed by atoms with Gasteiger partial charge in [0.2, 0.25) is 0 Å². The Kier molecular flexibility index (Phi) is 3.97. The van der Waals surface area contributed by atoms with Crippen LogP contribution in [0.5, 0.6) is 5.75 Å². The monoisotopic (exact) mass is 284 g/mol. The van der Waals surface area contributed by atoms with Crippen molar-refractivity contribution in [2.24, 2.45) is 0 Å². The molecule has 0 radical (unpaired) electrons. The highest BCUT2D eigenvalue weighted by Gasteiger charge is 2.30. The zero-order valence-corrected chi connectivity index (χ0v) is 10.7. The molecule has 20 heavy (non-hydrogen) atoms. The summed E-state index contributed by atoms with van der Waals surface area (Å²) in [6.07, 6.45) is -4.45. The van der Waals surface area contributed by atoms with Crippen LogP contribution in [0.25, 0.3) is 11.1 Å². The van der Waals surface area contributed by atoms with E-state index in [1.165, 1.54) is 30.3 Å². The molecule has 2 aromatic carbocycles. The van der Waals surface area contributed by atoms with E-state index in [1.807, 2.05) is 0 Å². The largest absolute Gasteiger partial charge is 0.494 e. The summed E-state index contributed by atoms with van der Waals surface area (Å²) < 4.78 is 57.0. The van der Waals surface area contributed by atoms with Gasteiger partial charge in [-0.3, -0.25) is 0 Å². The van der Waals surface area contributed by atoms with Gasteiger partial charge in [0, 0.05) is 11.6 Å². The van der Waals surface area contributed by atoms with Gasteiger partial charge in [-0.15, -0.1) is 0 Å². The highest BCUT2D eigenvalue weighted by atomic mass is 19.4. The van der Waals surface area contributed by atoms with Crippen LogP contribution in [0.15, 0.2) is 42.5 Å². The fraction of sp³-hybridized carbons (Fsp3) is 0.200. The second-order valence-corrected chi connectivity index (χ2v) is 4.15. The van der Waals surface area contributed by atoms with Gasteiger partial charge < -0.3 is 4.74 Å². The quantitative estimate of drug-likeness (QED) is 0.728. The molecule has 5 heteroatoms. The van der Waals surface area contributed by atoms with E-state index >= 15 is 0 Å². The molecule has 0 aliphatic rings. The molecule has 0 aliphatic carbocycles. The highest BCUT2D eigenvalue weighted by Crippen LogP contribution is 2.33. The summed E-state index contributed by atoms with van der Waals surface area (Å²) in [5, 5.41) is 0. The van der Waals surface area contributed by atoms with Crippen LogP contribution in [-0.2, 0) is 6.18 Å². The number of hydrogen-bond acceptors (Lipinski definition) is 1. The SMILES string of the molecule is CCOc1ccc(-c2cccc(C(F)(F)F)c2)c(F)c1. The van der Waals surface area contributed by atoms with Crippen LogP contribution in [0.1, 0.15) is 12.5 Å². The van der Waals surface area contributed by atoms with E-state index in [4.69, 9.17) is 4.74 Å². The number of halogens is 4. The maximum atomic E-state index is 13.9. The molecule has 0 saturated heterocycles. The summed E-state index contributed by atoms with van der Waals surface area (Å²) in [5.74, 6) is -0.268. The molecule has 0 bridgehead atoms. The van der Waals surface area contributed by atoms with Crippen molar-refractivity contribution in [1.82, 2.24) is 0 Å². The first kappa shape index (κ1) is 14.4. The van der Waals surface area contributed by atoms with Gasteiger partial charge in [-0.2, -0.15) is 13.2 Å². The van der Waals surface area contributed by atoms with E-state index in [9.17, 15) is 17.6 Å². The van der Waals surface area contributed by atoms with Gasteiger partial charge in [-0.1, -0.05) is 12.1 Å². The van der Waals surface area contributed by atoms with Crippen molar-refractivity contribution in [2.75, 3.05) is 6.61 Å². The number of ether oxygens (including phenoxy) is 1. The van der Waals surface area contributed by atoms with Crippen LogP contribution in [-0.4, -0.2) is 6.61 Å². The average molecular weight is 284 g/mol. The lowest BCUT2D eigenvalue weighted by Gasteiger charge is -2.10. The molecule has 0 atom stereocenters. The topological polar surface area (TPSA) is 9.23 Å². The molecule has 0 fully saturated rings. The summed E-state index contributed by atoms with van der Waals surface area (Å²) in [7, 11) is 0. The zero-order valence-electron chi connectivity index (χ0n) is 10.7. The summed E-state index contributed by atoms with van der Waals surface area (Å²) in [6.45, 7) is 2.15. The van der Waals surface area contributed by atoms with Gasteiger partial charge in [0.15, 0.2) is 0 Å². The Morgan fingerprint density at radius 3 is 2.40 bits per heavy atom. The fourth-order valence-corrected chi connectivity index (χ4v) is 1.85. The third-order valence-electron chi connectivity index (χ3n) is 2.75. The molecule has 1 nitrogen and oxygen atoms in total. The average Bonchev–Trinajstić information content (AvgIpc) is 2.38. The van der Waals surface area contributed by atoms with Crippen LogP contribution in [0, 0.1) is 5.82 Å². The maximum Gasteiger partial charge on any atom is 0.416 e. The maximum absolute atomic E-state index is 13.9. The van der Waals surface area contributed by atoms with Crippen molar-refractivity contribution in [3.8, 4) is 16.9 Å². The molecule has 0 saturated carbocycles. The van der Waals surface area contributed by atoms with Crippen molar-refractivity contribution in [3.05, 3.63) is 53.8 Å². The second-order valence-electron chi connectivity index (χ2n) is 4.15. The number of benzene rings is 2. The first-order valence-corrected chi connectivity index (χ1v) is 6.02. The summed E-state index contributed by atoms with van der Waals surface area (Å²) in [5.41, 5.74) is -0.511. The van der Waals surface area contributed by atoms with E-state index in [1.54, 1.807) is 6.92 Å².